The summed E-state index contributed by atoms with van der Waals surface area (Å²) in [4.78, 5) is 7.89. The fourth-order valence-electron chi connectivity index (χ4n) is 1.36. The van der Waals surface area contributed by atoms with E-state index in [-0.39, 0.29) is 11.8 Å². The molecule has 4 nitrogen and oxygen atoms in total. The van der Waals surface area contributed by atoms with Crippen molar-refractivity contribution >= 4 is 5.82 Å². The molecule has 1 aromatic heterocycles. The van der Waals surface area contributed by atoms with Gasteiger partial charge in [-0.1, -0.05) is 13.8 Å². The number of nitrogens with zero attached hydrogens (tertiary/aromatic N) is 2. The Kier molecular flexibility index (Phi) is 4.39. The van der Waals surface area contributed by atoms with E-state index in [0.29, 0.717) is 11.4 Å². The van der Waals surface area contributed by atoms with Gasteiger partial charge in [0.15, 0.2) is 6.61 Å². The molecular formula is C10H15F2N3O. The first-order valence-electron chi connectivity index (χ1n) is 4.99. The Bertz CT molecular complexity index is 345. The molecular weight excluding hydrogens is 216 g/mol. The molecule has 0 spiro atoms. The van der Waals surface area contributed by atoms with Crippen LogP contribution >= 0.6 is 0 Å². The lowest BCUT2D eigenvalue weighted by atomic mass is 10.1. The lowest BCUT2D eigenvalue weighted by Gasteiger charge is -2.15. The number of nitrogens with one attached hydrogen (secondary N) is 1. The number of ether oxygens (including phenoxy) is 1. The monoisotopic (exact) mass is 231 g/mol. The summed E-state index contributed by atoms with van der Waals surface area (Å²) in [7, 11) is 1.71. The van der Waals surface area contributed by atoms with Crippen LogP contribution < -0.4 is 10.1 Å². The molecule has 0 aliphatic rings. The Morgan fingerprint density at radius 1 is 1.38 bits per heavy atom. The number of hydrogen-bond donors (Lipinski definition) is 1. The third-order valence-electron chi connectivity index (χ3n) is 2.01. The highest BCUT2D eigenvalue weighted by molar-refractivity contribution is 5.50. The predicted molar refractivity (Wildman–Crippen MR) is 57.2 cm³/mol. The molecule has 0 unspecified atom stereocenters. The van der Waals surface area contributed by atoms with Crippen molar-refractivity contribution in [2.24, 2.45) is 0 Å². The van der Waals surface area contributed by atoms with E-state index in [4.69, 9.17) is 4.74 Å². The minimum atomic E-state index is -2.51. The van der Waals surface area contributed by atoms with Gasteiger partial charge in [-0.15, -0.1) is 0 Å². The summed E-state index contributed by atoms with van der Waals surface area (Å²) in [6.45, 7) is 3.20. The summed E-state index contributed by atoms with van der Waals surface area (Å²) in [5, 5.41) is 2.89. The zero-order chi connectivity index (χ0) is 12.1. The van der Waals surface area contributed by atoms with E-state index >= 15 is 0 Å². The van der Waals surface area contributed by atoms with Crippen LogP contribution in [0, 0.1) is 0 Å². The second kappa shape index (κ2) is 5.58. The topological polar surface area (TPSA) is 47.0 Å². The second-order valence-corrected chi connectivity index (χ2v) is 3.55. The van der Waals surface area contributed by atoms with Gasteiger partial charge in [-0.05, 0) is 5.92 Å². The van der Waals surface area contributed by atoms with Gasteiger partial charge in [0.05, 0.1) is 5.56 Å². The van der Waals surface area contributed by atoms with E-state index in [2.05, 4.69) is 15.3 Å². The van der Waals surface area contributed by atoms with E-state index in [1.807, 2.05) is 13.8 Å². The zero-order valence-corrected chi connectivity index (χ0v) is 9.50. The molecule has 0 aliphatic heterocycles. The molecule has 90 valence electrons. The number of rotatable bonds is 5. The average Bonchev–Trinajstić information content (AvgIpc) is 2.25. The third kappa shape index (κ3) is 3.01. The van der Waals surface area contributed by atoms with Crippen molar-refractivity contribution in [2.45, 2.75) is 26.2 Å². The van der Waals surface area contributed by atoms with Gasteiger partial charge in [-0.3, -0.25) is 0 Å². The van der Waals surface area contributed by atoms with Crippen molar-refractivity contribution in [3.63, 3.8) is 0 Å². The summed E-state index contributed by atoms with van der Waals surface area (Å²) in [6, 6.07) is 0. The number of aromatic nitrogens is 2. The van der Waals surface area contributed by atoms with Gasteiger partial charge in [0.25, 0.3) is 6.43 Å². The molecule has 0 fully saturated rings. The highest BCUT2D eigenvalue weighted by atomic mass is 19.3. The molecule has 0 amide bonds. The minimum absolute atomic E-state index is 0.0938. The van der Waals surface area contributed by atoms with Crippen molar-refractivity contribution in [3.05, 3.63) is 11.9 Å². The largest absolute Gasteiger partial charge is 0.471 e. The second-order valence-electron chi connectivity index (χ2n) is 3.55. The van der Waals surface area contributed by atoms with Crippen LogP contribution in [0.25, 0.3) is 0 Å². The number of anilines is 1. The van der Waals surface area contributed by atoms with Gasteiger partial charge >= 0.3 is 0 Å². The summed E-state index contributed by atoms with van der Waals surface area (Å²) in [6.07, 6.45) is -1.22. The molecule has 1 rings (SSSR count). The molecule has 1 aromatic rings. The molecule has 1 heterocycles. The van der Waals surface area contributed by atoms with Gasteiger partial charge < -0.3 is 10.1 Å². The lowest BCUT2D eigenvalue weighted by Crippen LogP contribution is -2.12. The molecule has 0 bridgehead atoms. The lowest BCUT2D eigenvalue weighted by molar-refractivity contribution is 0.0788. The molecule has 0 saturated carbocycles. The molecule has 0 aliphatic carbocycles. The molecule has 16 heavy (non-hydrogen) atoms. The summed E-state index contributed by atoms with van der Waals surface area (Å²) in [5.74, 6) is 0.917. The Balaban J connectivity index is 2.97. The number of halogens is 2. The van der Waals surface area contributed by atoms with E-state index < -0.39 is 13.0 Å². The van der Waals surface area contributed by atoms with Crippen molar-refractivity contribution in [3.8, 4) is 5.88 Å². The van der Waals surface area contributed by atoms with E-state index in [1.54, 1.807) is 7.05 Å². The van der Waals surface area contributed by atoms with Gasteiger partial charge in [-0.25, -0.2) is 18.7 Å². The Morgan fingerprint density at radius 3 is 2.56 bits per heavy atom. The predicted octanol–water partition coefficient (Wildman–Crippen LogP) is 2.29. The minimum Gasteiger partial charge on any atom is -0.471 e. The number of hydrogen-bond acceptors (Lipinski definition) is 4. The average molecular weight is 231 g/mol. The van der Waals surface area contributed by atoms with Crippen molar-refractivity contribution in [2.75, 3.05) is 19.0 Å². The summed E-state index contributed by atoms with van der Waals surface area (Å²) >= 11 is 0. The number of alkyl halides is 2. The van der Waals surface area contributed by atoms with E-state index in [0.717, 1.165) is 0 Å². The van der Waals surface area contributed by atoms with Crippen molar-refractivity contribution < 1.29 is 13.5 Å². The van der Waals surface area contributed by atoms with E-state index in [1.165, 1.54) is 6.33 Å². The highest BCUT2D eigenvalue weighted by Gasteiger charge is 2.16. The van der Waals surface area contributed by atoms with Crippen LogP contribution in [0.3, 0.4) is 0 Å². The molecule has 0 aromatic carbocycles. The van der Waals surface area contributed by atoms with Crippen LogP contribution in [0.2, 0.25) is 0 Å². The van der Waals surface area contributed by atoms with Crippen molar-refractivity contribution in [1.82, 2.24) is 9.97 Å². The Labute approximate surface area is 93.1 Å². The maximum atomic E-state index is 12.1. The van der Waals surface area contributed by atoms with Crippen LogP contribution in [0.15, 0.2) is 6.33 Å². The summed E-state index contributed by atoms with van der Waals surface area (Å²) in [5.41, 5.74) is 0.714. The molecule has 0 saturated heterocycles. The highest BCUT2D eigenvalue weighted by Crippen LogP contribution is 2.29. The molecule has 1 N–H and O–H groups in total. The summed E-state index contributed by atoms with van der Waals surface area (Å²) < 4.78 is 29.1. The van der Waals surface area contributed by atoms with Gasteiger partial charge in [0, 0.05) is 7.05 Å². The fourth-order valence-corrected chi connectivity index (χ4v) is 1.36. The molecule has 0 atom stereocenters. The maximum absolute atomic E-state index is 12.1. The smallest absolute Gasteiger partial charge is 0.272 e. The molecule has 6 heteroatoms. The van der Waals surface area contributed by atoms with Crippen LogP contribution in [-0.2, 0) is 0 Å². The standard InChI is InChI=1S/C10H15F2N3O/c1-6(2)8-9(13-3)14-5-15-10(8)16-4-7(11)12/h5-7H,4H2,1-3H3,(H,13,14,15). The van der Waals surface area contributed by atoms with Crippen LogP contribution in [0.4, 0.5) is 14.6 Å². The quantitative estimate of drug-likeness (QED) is 0.844. The van der Waals surface area contributed by atoms with Crippen LogP contribution in [0.5, 0.6) is 5.88 Å². The zero-order valence-electron chi connectivity index (χ0n) is 9.50. The Morgan fingerprint density at radius 2 is 2.06 bits per heavy atom. The third-order valence-corrected chi connectivity index (χ3v) is 2.01. The first-order chi connectivity index (χ1) is 7.56. The normalized spacial score (nSPS) is 10.9. The Hall–Kier alpha value is -1.46. The maximum Gasteiger partial charge on any atom is 0.272 e. The van der Waals surface area contributed by atoms with Crippen molar-refractivity contribution in [1.29, 1.82) is 0 Å². The van der Waals surface area contributed by atoms with E-state index in [9.17, 15) is 8.78 Å². The van der Waals surface area contributed by atoms with Crippen LogP contribution in [-0.4, -0.2) is 30.0 Å². The molecule has 0 radical (unpaired) electrons. The van der Waals surface area contributed by atoms with Crippen LogP contribution in [0.1, 0.15) is 25.3 Å². The van der Waals surface area contributed by atoms with Gasteiger partial charge in [0.1, 0.15) is 12.1 Å². The van der Waals surface area contributed by atoms with Gasteiger partial charge in [-0.2, -0.15) is 0 Å². The fraction of sp³-hybridized carbons (Fsp3) is 0.600. The van der Waals surface area contributed by atoms with Gasteiger partial charge in [0.2, 0.25) is 5.88 Å². The SMILES string of the molecule is CNc1ncnc(OCC(F)F)c1C(C)C. The first-order valence-corrected chi connectivity index (χ1v) is 4.99. The first kappa shape index (κ1) is 12.6.